The number of nitrogens with zero attached hydrogens (tertiary/aromatic N) is 2. The zero-order valence-corrected chi connectivity index (χ0v) is 19.1. The van der Waals surface area contributed by atoms with Crippen molar-refractivity contribution in [1.82, 2.24) is 5.43 Å². The third-order valence-corrected chi connectivity index (χ3v) is 6.15. The molecule has 0 aliphatic carbocycles. The molecule has 1 N–H and O–H groups in total. The van der Waals surface area contributed by atoms with Crippen molar-refractivity contribution in [1.29, 1.82) is 0 Å². The first-order chi connectivity index (χ1) is 14.9. The molecular formula is C24H27N3O3S. The van der Waals surface area contributed by atoms with E-state index in [-0.39, 0.29) is 24.5 Å². The highest BCUT2D eigenvalue weighted by Gasteiger charge is 2.14. The van der Waals surface area contributed by atoms with Crippen LogP contribution in [0.4, 0.5) is 5.69 Å². The van der Waals surface area contributed by atoms with Crippen LogP contribution in [0.1, 0.15) is 42.6 Å². The van der Waals surface area contributed by atoms with E-state index in [0.717, 1.165) is 28.9 Å². The number of hydrogen-bond donors (Lipinski definition) is 1. The smallest absolute Gasteiger partial charge is 0.240 e. The van der Waals surface area contributed by atoms with E-state index in [0.29, 0.717) is 11.3 Å². The van der Waals surface area contributed by atoms with E-state index in [4.69, 9.17) is 4.74 Å². The number of anilines is 1. The molecule has 162 valence electrons. The molecule has 0 fully saturated rings. The Bertz CT molecular complexity index is 1120. The zero-order valence-electron chi connectivity index (χ0n) is 18.3. The number of fused-ring (bicyclic) bond motifs is 1. The van der Waals surface area contributed by atoms with E-state index < -0.39 is 0 Å². The molecule has 1 aromatic heterocycles. The molecule has 1 amide bonds. The van der Waals surface area contributed by atoms with Gasteiger partial charge < -0.3 is 9.64 Å². The van der Waals surface area contributed by atoms with Crippen molar-refractivity contribution in [2.45, 2.75) is 26.7 Å². The fourth-order valence-corrected chi connectivity index (χ4v) is 4.23. The predicted molar refractivity (Wildman–Crippen MR) is 128 cm³/mol. The number of ketones is 1. The third-order valence-electron chi connectivity index (χ3n) is 5.19. The van der Waals surface area contributed by atoms with Crippen molar-refractivity contribution in [3.05, 3.63) is 59.0 Å². The van der Waals surface area contributed by atoms with E-state index in [2.05, 4.69) is 16.6 Å². The monoisotopic (exact) mass is 437 g/mol. The summed E-state index contributed by atoms with van der Waals surface area (Å²) in [6.07, 6.45) is 0.173. The zero-order chi connectivity index (χ0) is 22.4. The lowest BCUT2D eigenvalue weighted by Crippen LogP contribution is -2.20. The maximum atomic E-state index is 12.6. The SMILES string of the molecule is CCN(C)c1ccc(C(=O)CCC(=O)N/N=C(\C)c2csc3ccccc23)cc1OC. The number of hydrogen-bond acceptors (Lipinski definition) is 6. The van der Waals surface area contributed by atoms with Crippen molar-refractivity contribution in [3.8, 4) is 5.75 Å². The highest BCUT2D eigenvalue weighted by molar-refractivity contribution is 7.17. The van der Waals surface area contributed by atoms with E-state index in [1.807, 2.05) is 55.4 Å². The van der Waals surface area contributed by atoms with Crippen LogP contribution >= 0.6 is 11.3 Å². The molecule has 0 bridgehead atoms. The van der Waals surface area contributed by atoms with Gasteiger partial charge in [0.05, 0.1) is 18.5 Å². The molecule has 3 rings (SSSR count). The molecule has 3 aromatic rings. The van der Waals surface area contributed by atoms with Gasteiger partial charge in [-0.05, 0) is 38.1 Å². The lowest BCUT2D eigenvalue weighted by molar-refractivity contribution is -0.121. The van der Waals surface area contributed by atoms with E-state index in [1.165, 1.54) is 4.70 Å². The second-order valence-electron chi connectivity index (χ2n) is 7.20. The minimum Gasteiger partial charge on any atom is -0.495 e. The van der Waals surface area contributed by atoms with Gasteiger partial charge in [0.15, 0.2) is 5.78 Å². The average molecular weight is 438 g/mol. The van der Waals surface area contributed by atoms with Crippen molar-refractivity contribution < 1.29 is 14.3 Å². The van der Waals surface area contributed by atoms with Crippen molar-refractivity contribution in [2.75, 3.05) is 25.6 Å². The van der Waals surface area contributed by atoms with Gasteiger partial charge in [0, 0.05) is 53.0 Å². The standard InChI is InChI=1S/C24H27N3O3S/c1-5-27(3)20-11-10-17(14-22(20)30-4)21(28)12-13-24(29)26-25-16(2)19-15-31-23-9-7-6-8-18(19)23/h6-11,14-15H,5,12-13H2,1-4H3,(H,26,29)/b25-16+. The topological polar surface area (TPSA) is 71.0 Å². The average Bonchev–Trinajstić information content (AvgIpc) is 3.24. The van der Waals surface area contributed by atoms with Crippen LogP contribution in [-0.4, -0.2) is 38.1 Å². The molecule has 31 heavy (non-hydrogen) atoms. The minimum absolute atomic E-state index is 0.0684. The molecule has 0 saturated heterocycles. The van der Waals surface area contributed by atoms with Crippen LogP contribution in [-0.2, 0) is 4.79 Å². The molecule has 0 spiro atoms. The van der Waals surface area contributed by atoms with Gasteiger partial charge in [-0.2, -0.15) is 5.10 Å². The first-order valence-electron chi connectivity index (χ1n) is 10.2. The molecule has 1 heterocycles. The second-order valence-corrected chi connectivity index (χ2v) is 8.11. The fraction of sp³-hybridized carbons (Fsp3) is 0.292. The summed E-state index contributed by atoms with van der Waals surface area (Å²) in [4.78, 5) is 26.8. The quantitative estimate of drug-likeness (QED) is 0.295. The Morgan fingerprint density at radius 3 is 2.68 bits per heavy atom. The highest BCUT2D eigenvalue weighted by Crippen LogP contribution is 2.29. The largest absolute Gasteiger partial charge is 0.495 e. The summed E-state index contributed by atoms with van der Waals surface area (Å²) in [6.45, 7) is 4.73. The molecule has 0 saturated carbocycles. The van der Waals surface area contributed by atoms with Crippen LogP contribution in [0, 0.1) is 0 Å². The minimum atomic E-state index is -0.290. The maximum Gasteiger partial charge on any atom is 0.240 e. The molecular weight excluding hydrogens is 410 g/mol. The first-order valence-corrected chi connectivity index (χ1v) is 11.0. The van der Waals surface area contributed by atoms with Crippen LogP contribution in [0.15, 0.2) is 52.9 Å². The van der Waals surface area contributed by atoms with Crippen molar-refractivity contribution in [3.63, 3.8) is 0 Å². The van der Waals surface area contributed by atoms with Gasteiger partial charge in [0.25, 0.3) is 0 Å². The van der Waals surface area contributed by atoms with Crippen molar-refractivity contribution in [2.24, 2.45) is 5.10 Å². The molecule has 6 nitrogen and oxygen atoms in total. The number of benzene rings is 2. The summed E-state index contributed by atoms with van der Waals surface area (Å²) in [5.74, 6) is 0.244. The molecule has 0 radical (unpaired) electrons. The summed E-state index contributed by atoms with van der Waals surface area (Å²) >= 11 is 1.64. The number of amides is 1. The second kappa shape index (κ2) is 10.2. The van der Waals surface area contributed by atoms with Gasteiger partial charge in [0.2, 0.25) is 5.91 Å². The third kappa shape index (κ3) is 5.30. The molecule has 0 atom stereocenters. The van der Waals surface area contributed by atoms with Gasteiger partial charge in [-0.1, -0.05) is 18.2 Å². The number of hydrazone groups is 1. The lowest BCUT2D eigenvalue weighted by Gasteiger charge is -2.20. The normalized spacial score (nSPS) is 11.4. The van der Waals surface area contributed by atoms with Crippen LogP contribution in [0.2, 0.25) is 0 Å². The number of carbonyl (C=O) groups excluding carboxylic acids is 2. The Hall–Kier alpha value is -3.19. The number of rotatable bonds is 9. The number of methoxy groups -OCH3 is 1. The summed E-state index contributed by atoms with van der Waals surface area (Å²) in [6, 6.07) is 13.5. The van der Waals surface area contributed by atoms with Crippen LogP contribution < -0.4 is 15.1 Å². The predicted octanol–water partition coefficient (Wildman–Crippen LogP) is 4.87. The number of carbonyl (C=O) groups is 2. The van der Waals surface area contributed by atoms with E-state index in [9.17, 15) is 9.59 Å². The molecule has 0 aliphatic heterocycles. The van der Waals surface area contributed by atoms with Crippen molar-refractivity contribution >= 4 is 44.5 Å². The fourth-order valence-electron chi connectivity index (χ4n) is 3.23. The van der Waals surface area contributed by atoms with Gasteiger partial charge in [-0.25, -0.2) is 5.43 Å². The molecule has 7 heteroatoms. The van der Waals surface area contributed by atoms with E-state index >= 15 is 0 Å². The summed E-state index contributed by atoms with van der Waals surface area (Å²) in [7, 11) is 3.55. The number of Topliss-reactive ketones (excluding diaryl/α,β-unsaturated/α-hetero) is 1. The Balaban J connectivity index is 1.59. The number of ether oxygens (including phenoxy) is 1. The summed E-state index contributed by atoms with van der Waals surface area (Å²) < 4.78 is 6.60. The van der Waals surface area contributed by atoms with Gasteiger partial charge >= 0.3 is 0 Å². The van der Waals surface area contributed by atoms with Gasteiger partial charge in [0.1, 0.15) is 5.75 Å². The molecule has 0 unspecified atom stereocenters. The molecule has 2 aromatic carbocycles. The lowest BCUT2D eigenvalue weighted by atomic mass is 10.1. The highest BCUT2D eigenvalue weighted by atomic mass is 32.1. The first kappa shape index (κ1) is 22.5. The Labute approximate surface area is 186 Å². The van der Waals surface area contributed by atoms with Gasteiger partial charge in [-0.15, -0.1) is 11.3 Å². The summed E-state index contributed by atoms with van der Waals surface area (Å²) in [5.41, 5.74) is 5.75. The van der Waals surface area contributed by atoms with Crippen LogP contribution in [0.5, 0.6) is 5.75 Å². The molecule has 0 aliphatic rings. The van der Waals surface area contributed by atoms with Crippen LogP contribution in [0.25, 0.3) is 10.1 Å². The Morgan fingerprint density at radius 1 is 1.16 bits per heavy atom. The number of thiophene rings is 1. The Kier molecular flexibility index (Phi) is 7.41. The number of nitrogens with one attached hydrogen (secondary N) is 1. The van der Waals surface area contributed by atoms with Crippen LogP contribution in [0.3, 0.4) is 0 Å². The Morgan fingerprint density at radius 2 is 1.94 bits per heavy atom. The van der Waals surface area contributed by atoms with E-state index in [1.54, 1.807) is 30.6 Å². The maximum absolute atomic E-state index is 12.6. The van der Waals surface area contributed by atoms with Gasteiger partial charge in [-0.3, -0.25) is 9.59 Å². The summed E-state index contributed by atoms with van der Waals surface area (Å²) in [5, 5.41) is 7.37.